The Balaban J connectivity index is 1.79. The van der Waals surface area contributed by atoms with E-state index in [-0.39, 0.29) is 6.03 Å². The summed E-state index contributed by atoms with van der Waals surface area (Å²) in [6.45, 7) is 0.773. The minimum absolute atomic E-state index is 0.267. The van der Waals surface area contributed by atoms with Gasteiger partial charge in [-0.05, 0) is 23.8 Å². The number of halogens is 1. The van der Waals surface area contributed by atoms with E-state index < -0.39 is 0 Å². The number of nitrogens with zero attached hydrogens (tertiary/aromatic N) is 1. The Hall–Kier alpha value is -1.27. The number of thioether (sulfide) groups is 1. The predicted octanol–water partition coefficient (Wildman–Crippen LogP) is 2.82. The highest BCUT2D eigenvalue weighted by Crippen LogP contribution is 2.11. The number of amidine groups is 1. The zero-order valence-corrected chi connectivity index (χ0v) is 11.9. The van der Waals surface area contributed by atoms with Crippen molar-refractivity contribution in [2.45, 2.75) is 0 Å². The summed E-state index contributed by atoms with van der Waals surface area (Å²) in [4.78, 5) is 15.6. The minimum Gasteiger partial charge on any atom is -0.314 e. The molecule has 2 N–H and O–H groups in total. The average Bonchev–Trinajstić information content (AvgIpc) is 2.84. The number of rotatable bonds is 2. The van der Waals surface area contributed by atoms with Gasteiger partial charge in [0.2, 0.25) is 0 Å². The SMILES string of the molecule is O=C(N/C=C/c1ccc(Br)cc1)NC1=NCCS1. The molecule has 0 saturated heterocycles. The van der Waals surface area contributed by atoms with Gasteiger partial charge in [-0.3, -0.25) is 10.3 Å². The zero-order chi connectivity index (χ0) is 12.8. The fourth-order valence-corrected chi connectivity index (χ4v) is 2.32. The number of carbonyl (C=O) groups is 1. The summed E-state index contributed by atoms with van der Waals surface area (Å²) in [6.07, 6.45) is 3.44. The van der Waals surface area contributed by atoms with Gasteiger partial charge >= 0.3 is 6.03 Å². The van der Waals surface area contributed by atoms with Gasteiger partial charge < -0.3 is 5.32 Å². The van der Waals surface area contributed by atoms with Crippen LogP contribution in [0, 0.1) is 0 Å². The van der Waals surface area contributed by atoms with Gasteiger partial charge in [0.25, 0.3) is 0 Å². The molecule has 18 heavy (non-hydrogen) atoms. The zero-order valence-electron chi connectivity index (χ0n) is 9.52. The molecular formula is C12H12BrN3OS. The molecular weight excluding hydrogens is 314 g/mol. The highest BCUT2D eigenvalue weighted by atomic mass is 79.9. The lowest BCUT2D eigenvalue weighted by Gasteiger charge is -2.02. The van der Waals surface area contributed by atoms with E-state index in [0.29, 0.717) is 5.17 Å². The van der Waals surface area contributed by atoms with Gasteiger partial charge in [-0.2, -0.15) is 0 Å². The Bertz CT molecular complexity index is 485. The molecule has 0 unspecified atom stereocenters. The molecule has 0 saturated carbocycles. The lowest BCUT2D eigenvalue weighted by molar-refractivity contribution is 0.248. The highest BCUT2D eigenvalue weighted by Gasteiger charge is 2.08. The Morgan fingerprint density at radius 2 is 2.17 bits per heavy atom. The van der Waals surface area contributed by atoms with Crippen LogP contribution in [-0.2, 0) is 0 Å². The molecule has 1 aliphatic heterocycles. The van der Waals surface area contributed by atoms with E-state index in [1.807, 2.05) is 30.3 Å². The van der Waals surface area contributed by atoms with Crippen molar-refractivity contribution >= 4 is 45.0 Å². The van der Waals surface area contributed by atoms with Crippen molar-refractivity contribution < 1.29 is 4.79 Å². The first kappa shape index (κ1) is 13.2. The van der Waals surface area contributed by atoms with Crippen molar-refractivity contribution in [1.82, 2.24) is 10.6 Å². The third-order valence-electron chi connectivity index (χ3n) is 2.17. The molecule has 1 aromatic rings. The van der Waals surface area contributed by atoms with E-state index in [1.54, 1.807) is 18.0 Å². The second-order valence-electron chi connectivity index (χ2n) is 3.52. The summed E-state index contributed by atoms with van der Waals surface area (Å²) in [5, 5.41) is 6.00. The quantitative estimate of drug-likeness (QED) is 0.878. The number of urea groups is 1. The lowest BCUT2D eigenvalue weighted by Crippen LogP contribution is -2.34. The summed E-state index contributed by atoms with van der Waals surface area (Å²) in [7, 11) is 0. The Morgan fingerprint density at radius 3 is 2.83 bits per heavy atom. The van der Waals surface area contributed by atoms with Crippen LogP contribution in [0.5, 0.6) is 0 Å². The lowest BCUT2D eigenvalue weighted by atomic mass is 10.2. The fraction of sp³-hybridized carbons (Fsp3) is 0.167. The molecule has 1 aliphatic rings. The van der Waals surface area contributed by atoms with Crippen molar-refractivity contribution in [3.05, 3.63) is 40.5 Å². The standard InChI is InChI=1S/C12H12BrN3OS/c13-10-3-1-9(2-4-10)5-6-14-11(17)16-12-15-7-8-18-12/h1-6H,7-8H2,(H2,14,15,16,17)/b6-5+. The molecule has 0 aromatic heterocycles. The molecule has 0 aliphatic carbocycles. The maximum atomic E-state index is 11.5. The molecule has 94 valence electrons. The number of hydrogen-bond donors (Lipinski definition) is 2. The van der Waals surface area contributed by atoms with Crippen LogP contribution < -0.4 is 10.6 Å². The van der Waals surface area contributed by atoms with E-state index in [4.69, 9.17) is 0 Å². The number of aliphatic imine (C=N–C) groups is 1. The van der Waals surface area contributed by atoms with Gasteiger partial charge in [-0.15, -0.1) is 0 Å². The normalized spacial score (nSPS) is 14.6. The Kier molecular flexibility index (Phi) is 4.83. The summed E-state index contributed by atoms with van der Waals surface area (Å²) in [5.41, 5.74) is 1.02. The smallest absolute Gasteiger partial charge is 0.314 e. The molecule has 6 heteroatoms. The van der Waals surface area contributed by atoms with Gasteiger partial charge in [-0.25, -0.2) is 4.79 Å². The third kappa shape index (κ3) is 4.19. The van der Waals surface area contributed by atoms with E-state index in [1.165, 1.54) is 0 Å². The van der Waals surface area contributed by atoms with E-state index in [2.05, 4.69) is 31.6 Å². The molecule has 2 rings (SSSR count). The van der Waals surface area contributed by atoms with Crippen LogP contribution in [0.3, 0.4) is 0 Å². The molecule has 1 heterocycles. The monoisotopic (exact) mass is 325 g/mol. The largest absolute Gasteiger partial charge is 0.324 e. The van der Waals surface area contributed by atoms with E-state index >= 15 is 0 Å². The maximum Gasteiger partial charge on any atom is 0.324 e. The van der Waals surface area contributed by atoms with Gasteiger partial charge in [0.15, 0.2) is 5.17 Å². The van der Waals surface area contributed by atoms with Crippen LogP contribution in [0.15, 0.2) is 39.9 Å². The first-order chi connectivity index (χ1) is 8.74. The summed E-state index contributed by atoms with van der Waals surface area (Å²) < 4.78 is 1.03. The second kappa shape index (κ2) is 6.61. The fourth-order valence-electron chi connectivity index (χ4n) is 1.33. The first-order valence-corrected chi connectivity index (χ1v) is 7.19. The van der Waals surface area contributed by atoms with Gasteiger partial charge in [0.05, 0.1) is 6.54 Å². The molecule has 0 bridgehead atoms. The number of hydrogen-bond acceptors (Lipinski definition) is 3. The van der Waals surface area contributed by atoms with Crippen LogP contribution in [0.25, 0.3) is 6.08 Å². The van der Waals surface area contributed by atoms with Crippen LogP contribution >= 0.6 is 27.7 Å². The van der Waals surface area contributed by atoms with Crippen molar-refractivity contribution in [3.8, 4) is 0 Å². The minimum atomic E-state index is -0.267. The van der Waals surface area contributed by atoms with Gasteiger partial charge in [-0.1, -0.05) is 39.8 Å². The number of benzene rings is 1. The molecule has 0 radical (unpaired) electrons. The maximum absolute atomic E-state index is 11.5. The van der Waals surface area contributed by atoms with Crippen molar-refractivity contribution in [3.63, 3.8) is 0 Å². The van der Waals surface area contributed by atoms with Crippen molar-refractivity contribution in [1.29, 1.82) is 0 Å². The van der Waals surface area contributed by atoms with Gasteiger partial charge in [0.1, 0.15) is 0 Å². The second-order valence-corrected chi connectivity index (χ2v) is 5.52. The molecule has 1 aromatic carbocycles. The molecule has 0 atom stereocenters. The summed E-state index contributed by atoms with van der Waals surface area (Å²) >= 11 is 4.92. The third-order valence-corrected chi connectivity index (χ3v) is 3.59. The van der Waals surface area contributed by atoms with Crippen molar-refractivity contribution in [2.24, 2.45) is 4.99 Å². The summed E-state index contributed by atoms with van der Waals surface area (Å²) in [6, 6.07) is 7.54. The number of carbonyl (C=O) groups excluding carboxylic acids is 1. The Morgan fingerprint density at radius 1 is 1.39 bits per heavy atom. The van der Waals surface area contributed by atoms with Crippen LogP contribution in [-0.4, -0.2) is 23.5 Å². The van der Waals surface area contributed by atoms with E-state index in [0.717, 1.165) is 22.3 Å². The van der Waals surface area contributed by atoms with E-state index in [9.17, 15) is 4.79 Å². The molecule has 0 fully saturated rings. The highest BCUT2D eigenvalue weighted by molar-refractivity contribution is 9.10. The topological polar surface area (TPSA) is 53.5 Å². The average molecular weight is 326 g/mol. The summed E-state index contributed by atoms with van der Waals surface area (Å²) in [5.74, 6) is 0.935. The van der Waals surface area contributed by atoms with Crippen molar-refractivity contribution in [2.75, 3.05) is 12.3 Å². The number of nitrogens with one attached hydrogen (secondary N) is 2. The van der Waals surface area contributed by atoms with Crippen LogP contribution in [0.2, 0.25) is 0 Å². The Labute approximate surface area is 118 Å². The molecule has 4 nitrogen and oxygen atoms in total. The van der Waals surface area contributed by atoms with Crippen LogP contribution in [0.1, 0.15) is 5.56 Å². The van der Waals surface area contributed by atoms with Gasteiger partial charge in [0, 0.05) is 16.4 Å². The van der Waals surface area contributed by atoms with Crippen LogP contribution in [0.4, 0.5) is 4.79 Å². The first-order valence-electron chi connectivity index (χ1n) is 5.41. The number of amides is 2. The molecule has 2 amide bonds. The molecule has 0 spiro atoms. The predicted molar refractivity (Wildman–Crippen MR) is 79.6 cm³/mol.